The Balaban J connectivity index is 2.64. The fraction of sp³-hybridized carbons (Fsp3) is 0. The van der Waals surface area contributed by atoms with Crippen molar-refractivity contribution in [3.8, 4) is 17.0 Å². The van der Waals surface area contributed by atoms with E-state index in [1.54, 1.807) is 18.2 Å². The molecule has 1 heterocycles. The molecular weight excluding hydrogens is 278 g/mol. The number of aromatic nitrogens is 1. The zero-order valence-electron chi connectivity index (χ0n) is 7.85. The van der Waals surface area contributed by atoms with E-state index in [0.29, 0.717) is 5.56 Å². The van der Waals surface area contributed by atoms with Gasteiger partial charge < -0.3 is 14.6 Å². The van der Waals surface area contributed by atoms with Gasteiger partial charge in [-0.3, -0.25) is 0 Å². The van der Waals surface area contributed by atoms with Crippen molar-refractivity contribution in [3.63, 3.8) is 0 Å². The van der Waals surface area contributed by atoms with Crippen LogP contribution in [-0.2, 0) is 0 Å². The number of nitrogens with zero attached hydrogens (tertiary/aromatic N) is 1. The lowest BCUT2D eigenvalue weighted by molar-refractivity contribution is 0.0662. The van der Waals surface area contributed by atoms with Gasteiger partial charge >= 0.3 is 5.97 Å². The molecule has 0 amide bonds. The third-order valence-corrected chi connectivity index (χ3v) is 2.29. The number of hydrogen-bond donors (Lipinski definition) is 2. The van der Waals surface area contributed by atoms with Crippen molar-refractivity contribution in [1.82, 2.24) is 4.98 Å². The third-order valence-electron chi connectivity index (χ3n) is 1.95. The topological polar surface area (TPSA) is 83.6 Å². The number of para-hydroxylation sites is 1. The molecule has 2 rings (SSSR count). The molecule has 0 spiro atoms. The minimum absolute atomic E-state index is 0.0502. The first kappa shape index (κ1) is 10.7. The van der Waals surface area contributed by atoms with Gasteiger partial charge in [0.15, 0.2) is 0 Å². The summed E-state index contributed by atoms with van der Waals surface area (Å²) in [6, 6.07) is 6.31. The fourth-order valence-corrected chi connectivity index (χ4v) is 1.63. The monoisotopic (exact) mass is 283 g/mol. The third kappa shape index (κ3) is 1.79. The van der Waals surface area contributed by atoms with Gasteiger partial charge in [-0.1, -0.05) is 12.1 Å². The number of aromatic carboxylic acids is 1. The first-order chi connectivity index (χ1) is 7.59. The fourth-order valence-electron chi connectivity index (χ4n) is 1.30. The lowest BCUT2D eigenvalue weighted by Crippen LogP contribution is -1.96. The van der Waals surface area contributed by atoms with Crippen LogP contribution in [0, 0.1) is 0 Å². The number of rotatable bonds is 2. The van der Waals surface area contributed by atoms with Gasteiger partial charge in [0.25, 0.3) is 4.80 Å². The van der Waals surface area contributed by atoms with E-state index in [9.17, 15) is 9.90 Å². The summed E-state index contributed by atoms with van der Waals surface area (Å²) in [4.78, 5) is 14.8. The van der Waals surface area contributed by atoms with Crippen LogP contribution in [0.1, 0.15) is 10.6 Å². The van der Waals surface area contributed by atoms with Gasteiger partial charge in [0.1, 0.15) is 11.4 Å². The minimum atomic E-state index is -1.24. The molecule has 0 saturated heterocycles. The van der Waals surface area contributed by atoms with Gasteiger partial charge in [0, 0.05) is 21.5 Å². The van der Waals surface area contributed by atoms with Crippen LogP contribution in [-0.4, -0.2) is 21.2 Å². The number of carboxylic acid groups (broad SMARTS) is 1. The summed E-state index contributed by atoms with van der Waals surface area (Å²) < 4.78 is 4.88. The van der Waals surface area contributed by atoms with Crippen molar-refractivity contribution in [2.24, 2.45) is 0 Å². The molecule has 0 bridgehead atoms. The van der Waals surface area contributed by atoms with Crippen molar-refractivity contribution >= 4 is 21.9 Å². The Morgan fingerprint density at radius 1 is 1.38 bits per heavy atom. The van der Waals surface area contributed by atoms with E-state index >= 15 is 0 Å². The number of aromatic hydroxyl groups is 1. The van der Waals surface area contributed by atoms with Gasteiger partial charge in [-0.15, -0.1) is 0 Å². The highest BCUT2D eigenvalue weighted by atomic mass is 79.9. The molecule has 0 saturated carbocycles. The summed E-state index contributed by atoms with van der Waals surface area (Å²) in [6.45, 7) is 0. The molecule has 0 aliphatic heterocycles. The molecule has 1 aromatic heterocycles. The Morgan fingerprint density at radius 2 is 2.06 bits per heavy atom. The summed E-state index contributed by atoms with van der Waals surface area (Å²) in [5.74, 6) is -1.60. The molecule has 0 atom stereocenters. The summed E-state index contributed by atoms with van der Waals surface area (Å²) in [5, 5.41) is 18.5. The van der Waals surface area contributed by atoms with E-state index in [1.165, 1.54) is 6.07 Å². The number of oxazole rings is 1. The quantitative estimate of drug-likeness (QED) is 0.885. The highest BCUT2D eigenvalue weighted by Gasteiger charge is 2.21. The van der Waals surface area contributed by atoms with Crippen molar-refractivity contribution in [1.29, 1.82) is 0 Å². The molecule has 5 nitrogen and oxygen atoms in total. The summed E-state index contributed by atoms with van der Waals surface area (Å²) >= 11 is 2.95. The maximum Gasteiger partial charge on any atom is 0.374 e. The van der Waals surface area contributed by atoms with Crippen LogP contribution in [0.3, 0.4) is 0 Å². The van der Waals surface area contributed by atoms with Crippen LogP contribution >= 0.6 is 15.9 Å². The second-order valence-corrected chi connectivity index (χ2v) is 3.65. The van der Waals surface area contributed by atoms with Crippen LogP contribution in [0.2, 0.25) is 0 Å². The number of phenols is 1. The molecule has 1 aromatic carbocycles. The molecule has 0 fully saturated rings. The van der Waals surface area contributed by atoms with Crippen molar-refractivity contribution in [2.75, 3.05) is 0 Å². The zero-order chi connectivity index (χ0) is 11.7. The highest BCUT2D eigenvalue weighted by Crippen LogP contribution is 2.32. The SMILES string of the molecule is O=C(O)c1oc(Br)nc1-c1ccccc1O. The lowest BCUT2D eigenvalue weighted by atomic mass is 10.1. The van der Waals surface area contributed by atoms with Crippen molar-refractivity contribution < 1.29 is 19.4 Å². The average Bonchev–Trinajstić information content (AvgIpc) is 2.61. The normalized spacial score (nSPS) is 10.3. The smallest absolute Gasteiger partial charge is 0.374 e. The predicted molar refractivity (Wildman–Crippen MR) is 58.3 cm³/mol. The maximum absolute atomic E-state index is 10.9. The highest BCUT2D eigenvalue weighted by molar-refractivity contribution is 9.10. The van der Waals surface area contributed by atoms with Gasteiger partial charge in [0.2, 0.25) is 5.76 Å². The predicted octanol–water partition coefficient (Wildman–Crippen LogP) is 2.51. The molecule has 82 valence electrons. The first-order valence-electron chi connectivity index (χ1n) is 4.27. The number of benzene rings is 1. The zero-order valence-corrected chi connectivity index (χ0v) is 9.43. The van der Waals surface area contributed by atoms with Gasteiger partial charge in [-0.05, 0) is 12.1 Å². The van der Waals surface area contributed by atoms with E-state index in [2.05, 4.69) is 20.9 Å². The average molecular weight is 284 g/mol. The van der Waals surface area contributed by atoms with Crippen LogP contribution in [0.4, 0.5) is 0 Å². The summed E-state index contributed by atoms with van der Waals surface area (Å²) in [7, 11) is 0. The minimum Gasteiger partial charge on any atom is -0.507 e. The standard InChI is InChI=1S/C10H6BrNO4/c11-10-12-7(8(16-10)9(14)15)5-3-1-2-4-6(5)13/h1-4,13H,(H,14,15). The van der Waals surface area contributed by atoms with E-state index in [1.807, 2.05) is 0 Å². The Hall–Kier alpha value is -1.82. The maximum atomic E-state index is 10.9. The number of phenolic OH excluding ortho intramolecular Hbond substituents is 1. The second kappa shape index (κ2) is 3.97. The van der Waals surface area contributed by atoms with Gasteiger partial charge in [0.05, 0.1) is 0 Å². The Labute approximate surface area is 98.5 Å². The van der Waals surface area contributed by atoms with E-state index < -0.39 is 5.97 Å². The number of carbonyl (C=O) groups is 1. The van der Waals surface area contributed by atoms with E-state index in [0.717, 1.165) is 0 Å². The molecule has 0 radical (unpaired) electrons. The van der Waals surface area contributed by atoms with Crippen LogP contribution in [0.25, 0.3) is 11.3 Å². The summed E-state index contributed by atoms with van der Waals surface area (Å²) in [6.07, 6.45) is 0. The summed E-state index contributed by atoms with van der Waals surface area (Å²) in [5.41, 5.74) is 0.409. The molecule has 0 aliphatic carbocycles. The van der Waals surface area contributed by atoms with Gasteiger partial charge in [-0.2, -0.15) is 0 Å². The lowest BCUT2D eigenvalue weighted by Gasteiger charge is -2.00. The molecule has 2 aromatic rings. The van der Waals surface area contributed by atoms with E-state index in [-0.39, 0.29) is 22.0 Å². The largest absolute Gasteiger partial charge is 0.507 e. The van der Waals surface area contributed by atoms with E-state index in [4.69, 9.17) is 9.52 Å². The van der Waals surface area contributed by atoms with Crippen LogP contribution in [0.5, 0.6) is 5.75 Å². The number of halogens is 1. The van der Waals surface area contributed by atoms with Crippen LogP contribution < -0.4 is 0 Å². The Morgan fingerprint density at radius 3 is 2.69 bits per heavy atom. The van der Waals surface area contributed by atoms with Crippen LogP contribution in [0.15, 0.2) is 33.5 Å². The van der Waals surface area contributed by atoms with Gasteiger partial charge in [-0.25, -0.2) is 9.78 Å². The number of hydrogen-bond acceptors (Lipinski definition) is 4. The molecule has 0 aliphatic rings. The Bertz CT molecular complexity index is 550. The van der Waals surface area contributed by atoms with Crippen molar-refractivity contribution in [3.05, 3.63) is 34.8 Å². The first-order valence-corrected chi connectivity index (χ1v) is 5.07. The van der Waals surface area contributed by atoms with Crippen molar-refractivity contribution in [2.45, 2.75) is 0 Å². The Kier molecular flexibility index (Phi) is 2.66. The number of carboxylic acids is 1. The second-order valence-electron chi connectivity index (χ2n) is 2.97. The molecule has 16 heavy (non-hydrogen) atoms. The molecule has 0 unspecified atom stereocenters. The molecule has 2 N–H and O–H groups in total. The molecular formula is C10H6BrNO4. The molecule has 6 heteroatoms.